The molecule has 0 fully saturated rings. The predicted molar refractivity (Wildman–Crippen MR) is 128 cm³/mol. The number of hydrogen-bond acceptors (Lipinski definition) is 7. The Morgan fingerprint density at radius 3 is 2.47 bits per heavy atom. The third-order valence-electron chi connectivity index (χ3n) is 5.76. The van der Waals surface area contributed by atoms with Gasteiger partial charge in [-0.05, 0) is 54.8 Å². The summed E-state index contributed by atoms with van der Waals surface area (Å²) < 4.78 is 27.2. The minimum Gasteiger partial charge on any atom is -0.493 e. The van der Waals surface area contributed by atoms with Crippen molar-refractivity contribution < 1.29 is 33.3 Å². The lowest BCUT2D eigenvalue weighted by Gasteiger charge is -2.18. The smallest absolute Gasteiger partial charge is 0.340 e. The summed E-state index contributed by atoms with van der Waals surface area (Å²) in [5.74, 6) is 1.59. The van der Waals surface area contributed by atoms with Crippen LogP contribution in [0.3, 0.4) is 0 Å². The van der Waals surface area contributed by atoms with Gasteiger partial charge in [-0.2, -0.15) is 0 Å². The van der Waals surface area contributed by atoms with Crippen molar-refractivity contribution in [1.82, 2.24) is 4.90 Å². The van der Waals surface area contributed by atoms with E-state index in [4.69, 9.17) is 23.7 Å². The lowest BCUT2D eigenvalue weighted by atomic mass is 10.0. The van der Waals surface area contributed by atoms with Crippen molar-refractivity contribution >= 4 is 33.9 Å². The van der Waals surface area contributed by atoms with Gasteiger partial charge in [-0.3, -0.25) is 4.79 Å². The number of carbonyl (C=O) groups is 2. The van der Waals surface area contributed by atoms with Crippen LogP contribution < -0.4 is 18.9 Å². The molecular weight excluding hydrogens is 506 g/mol. The SMILES string of the molecule is COC(=O)C1=C(C)N(CCc2ccc(OC)c(OC)c2)C(=O)C1=Cc1cc2c(cc1Br)OCO2. The monoisotopic (exact) mass is 529 g/mol. The second-order valence-corrected chi connectivity index (χ2v) is 8.49. The van der Waals surface area contributed by atoms with Gasteiger partial charge in [0.2, 0.25) is 6.79 Å². The molecule has 2 aliphatic heterocycles. The molecule has 0 radical (unpaired) electrons. The predicted octanol–water partition coefficient (Wildman–Crippen LogP) is 4.11. The number of nitrogens with zero attached hydrogens (tertiary/aromatic N) is 1. The summed E-state index contributed by atoms with van der Waals surface area (Å²) in [6, 6.07) is 9.16. The Bertz CT molecular complexity index is 1220. The fraction of sp³-hybridized carbons (Fsp3) is 0.280. The van der Waals surface area contributed by atoms with Gasteiger partial charge < -0.3 is 28.6 Å². The minimum absolute atomic E-state index is 0.136. The summed E-state index contributed by atoms with van der Waals surface area (Å²) in [6.45, 7) is 2.26. The van der Waals surface area contributed by atoms with E-state index in [9.17, 15) is 9.59 Å². The summed E-state index contributed by atoms with van der Waals surface area (Å²) in [5.41, 5.74) is 2.69. The molecule has 0 saturated heterocycles. The average Bonchev–Trinajstić information content (AvgIpc) is 3.38. The van der Waals surface area contributed by atoms with E-state index in [1.165, 1.54) is 7.11 Å². The molecule has 2 aromatic rings. The maximum absolute atomic E-state index is 13.4. The Hall–Kier alpha value is -3.46. The lowest BCUT2D eigenvalue weighted by molar-refractivity contribution is -0.136. The number of ether oxygens (including phenoxy) is 5. The fourth-order valence-electron chi connectivity index (χ4n) is 3.97. The second kappa shape index (κ2) is 9.80. The van der Waals surface area contributed by atoms with Gasteiger partial charge in [0.05, 0.1) is 32.5 Å². The Balaban J connectivity index is 1.65. The fourth-order valence-corrected chi connectivity index (χ4v) is 4.41. The molecule has 178 valence electrons. The molecule has 0 N–H and O–H groups in total. The van der Waals surface area contributed by atoms with Crippen molar-refractivity contribution in [2.75, 3.05) is 34.7 Å². The van der Waals surface area contributed by atoms with Crippen molar-refractivity contribution in [2.45, 2.75) is 13.3 Å². The summed E-state index contributed by atoms with van der Waals surface area (Å²) >= 11 is 3.51. The van der Waals surface area contributed by atoms with E-state index in [0.717, 1.165) is 5.56 Å². The van der Waals surface area contributed by atoms with Crippen LogP contribution in [0.15, 0.2) is 51.6 Å². The number of esters is 1. The van der Waals surface area contributed by atoms with Crippen molar-refractivity contribution in [3.63, 3.8) is 0 Å². The van der Waals surface area contributed by atoms with E-state index in [1.54, 1.807) is 44.3 Å². The van der Waals surface area contributed by atoms with Crippen LogP contribution in [0.2, 0.25) is 0 Å². The maximum Gasteiger partial charge on any atom is 0.340 e. The number of amides is 1. The Labute approximate surface area is 205 Å². The van der Waals surface area contributed by atoms with E-state index in [2.05, 4.69) is 15.9 Å². The normalized spacial score (nSPS) is 15.9. The number of carbonyl (C=O) groups excluding carboxylic acids is 2. The third-order valence-corrected chi connectivity index (χ3v) is 6.45. The average molecular weight is 530 g/mol. The summed E-state index contributed by atoms with van der Waals surface area (Å²) in [5, 5.41) is 0. The molecular formula is C25H24BrNO7. The van der Waals surface area contributed by atoms with Crippen LogP contribution in [-0.4, -0.2) is 51.4 Å². The molecule has 0 unspecified atom stereocenters. The molecule has 0 bridgehead atoms. The highest BCUT2D eigenvalue weighted by molar-refractivity contribution is 9.10. The number of halogens is 1. The highest BCUT2D eigenvalue weighted by Crippen LogP contribution is 2.39. The first kappa shape index (κ1) is 23.7. The number of methoxy groups -OCH3 is 3. The van der Waals surface area contributed by atoms with E-state index in [1.807, 2.05) is 18.2 Å². The van der Waals surface area contributed by atoms with E-state index >= 15 is 0 Å². The van der Waals surface area contributed by atoms with Crippen molar-refractivity contribution in [3.8, 4) is 23.0 Å². The number of fused-ring (bicyclic) bond motifs is 1. The van der Waals surface area contributed by atoms with Gasteiger partial charge in [0.15, 0.2) is 23.0 Å². The second-order valence-electron chi connectivity index (χ2n) is 7.63. The summed E-state index contributed by atoms with van der Waals surface area (Å²) in [4.78, 5) is 27.7. The van der Waals surface area contributed by atoms with Crippen LogP contribution in [0.1, 0.15) is 18.1 Å². The van der Waals surface area contributed by atoms with Gasteiger partial charge in [-0.15, -0.1) is 0 Å². The van der Waals surface area contributed by atoms with Crippen molar-refractivity contribution in [1.29, 1.82) is 0 Å². The topological polar surface area (TPSA) is 83.5 Å². The highest BCUT2D eigenvalue weighted by Gasteiger charge is 2.37. The van der Waals surface area contributed by atoms with Crippen LogP contribution in [0, 0.1) is 0 Å². The van der Waals surface area contributed by atoms with Gasteiger partial charge in [0.1, 0.15) is 0 Å². The number of hydrogen-bond donors (Lipinski definition) is 0. The number of benzene rings is 2. The summed E-state index contributed by atoms with van der Waals surface area (Å²) in [6.07, 6.45) is 2.22. The van der Waals surface area contributed by atoms with Gasteiger partial charge >= 0.3 is 5.97 Å². The van der Waals surface area contributed by atoms with E-state index in [-0.39, 0.29) is 23.8 Å². The molecule has 0 atom stereocenters. The first-order valence-corrected chi connectivity index (χ1v) is 11.3. The zero-order valence-corrected chi connectivity index (χ0v) is 20.9. The molecule has 8 nitrogen and oxygen atoms in total. The van der Waals surface area contributed by atoms with Crippen LogP contribution in [-0.2, 0) is 20.7 Å². The molecule has 1 amide bonds. The molecule has 34 heavy (non-hydrogen) atoms. The lowest BCUT2D eigenvalue weighted by Crippen LogP contribution is -2.27. The maximum atomic E-state index is 13.4. The molecule has 0 spiro atoms. The number of allylic oxidation sites excluding steroid dienone is 1. The zero-order chi connectivity index (χ0) is 24.4. The molecule has 0 aromatic heterocycles. The third kappa shape index (κ3) is 4.35. The van der Waals surface area contributed by atoms with E-state index in [0.29, 0.717) is 51.7 Å². The molecule has 4 rings (SSSR count). The van der Waals surface area contributed by atoms with Crippen molar-refractivity contribution in [3.05, 3.63) is 62.8 Å². The zero-order valence-electron chi connectivity index (χ0n) is 19.3. The Morgan fingerprint density at radius 2 is 1.79 bits per heavy atom. The Morgan fingerprint density at radius 1 is 1.09 bits per heavy atom. The van der Waals surface area contributed by atoms with Gasteiger partial charge in [0.25, 0.3) is 5.91 Å². The summed E-state index contributed by atoms with van der Waals surface area (Å²) in [7, 11) is 4.45. The standard InChI is InChI=1S/C25H24BrNO7/c1-14-23(25(29)32-4)17(10-16-11-21-22(12-18(16)26)34-13-33-21)24(28)27(14)8-7-15-5-6-19(30-2)20(9-15)31-3/h5-6,9-12H,7-8,13H2,1-4H3. The first-order chi connectivity index (χ1) is 16.4. The molecule has 2 heterocycles. The van der Waals surface area contributed by atoms with Crippen LogP contribution in [0.5, 0.6) is 23.0 Å². The van der Waals surface area contributed by atoms with E-state index < -0.39 is 5.97 Å². The van der Waals surface area contributed by atoms with Gasteiger partial charge in [0, 0.05) is 16.7 Å². The van der Waals surface area contributed by atoms with Gasteiger partial charge in [-0.25, -0.2) is 4.79 Å². The van der Waals surface area contributed by atoms with Crippen LogP contribution >= 0.6 is 15.9 Å². The molecule has 2 aliphatic rings. The molecule has 0 saturated carbocycles. The van der Waals surface area contributed by atoms with Crippen LogP contribution in [0.25, 0.3) is 6.08 Å². The first-order valence-electron chi connectivity index (χ1n) is 10.5. The quantitative estimate of drug-likeness (QED) is 0.394. The molecule has 0 aliphatic carbocycles. The molecule has 9 heteroatoms. The van der Waals surface area contributed by atoms with Crippen molar-refractivity contribution in [2.24, 2.45) is 0 Å². The Kier molecular flexibility index (Phi) is 6.83. The number of rotatable bonds is 7. The van der Waals surface area contributed by atoms with Crippen LogP contribution in [0.4, 0.5) is 0 Å². The highest BCUT2D eigenvalue weighted by atomic mass is 79.9. The minimum atomic E-state index is -0.567. The molecule has 2 aromatic carbocycles. The largest absolute Gasteiger partial charge is 0.493 e. The van der Waals surface area contributed by atoms with Gasteiger partial charge in [-0.1, -0.05) is 22.0 Å².